The lowest BCUT2D eigenvalue weighted by atomic mass is 10.2. The van der Waals surface area contributed by atoms with Gasteiger partial charge in [-0.3, -0.25) is 0 Å². The van der Waals surface area contributed by atoms with Crippen molar-refractivity contribution in [3.8, 4) is 5.88 Å². The van der Waals surface area contributed by atoms with Gasteiger partial charge in [-0.2, -0.15) is 0 Å². The molecular weight excluding hydrogens is 243 g/mol. The number of benzene rings is 2. The highest BCUT2D eigenvalue weighted by Crippen LogP contribution is 2.21. The molecule has 0 atom stereocenters. The fourth-order valence-electron chi connectivity index (χ4n) is 1.83. The van der Waals surface area contributed by atoms with E-state index >= 15 is 0 Å². The number of halogens is 1. The second kappa shape index (κ2) is 5.02. The van der Waals surface area contributed by atoms with Crippen LogP contribution in [0.15, 0.2) is 54.9 Å². The zero-order valence-corrected chi connectivity index (χ0v) is 10.1. The van der Waals surface area contributed by atoms with Crippen molar-refractivity contribution in [3.63, 3.8) is 0 Å². The summed E-state index contributed by atoms with van der Waals surface area (Å²) in [5.41, 5.74) is 1.73. The van der Waals surface area contributed by atoms with Crippen molar-refractivity contribution < 1.29 is 9.13 Å². The zero-order chi connectivity index (χ0) is 13.1. The van der Waals surface area contributed by atoms with E-state index in [2.05, 4.69) is 9.97 Å². The summed E-state index contributed by atoms with van der Waals surface area (Å²) in [7, 11) is 0. The monoisotopic (exact) mass is 254 g/mol. The molecule has 1 aromatic heterocycles. The van der Waals surface area contributed by atoms with Crippen LogP contribution in [0.3, 0.4) is 0 Å². The van der Waals surface area contributed by atoms with E-state index < -0.39 is 0 Å². The summed E-state index contributed by atoms with van der Waals surface area (Å²) < 4.78 is 18.5. The Hall–Kier alpha value is -2.49. The van der Waals surface area contributed by atoms with Crippen LogP contribution in [0.5, 0.6) is 5.88 Å². The van der Waals surface area contributed by atoms with E-state index in [1.807, 2.05) is 24.3 Å². The SMILES string of the molecule is Fc1ccc(COc2ncnc3ccccc23)cc1. The summed E-state index contributed by atoms with van der Waals surface area (Å²) in [6, 6.07) is 13.9. The second-order valence-electron chi connectivity index (χ2n) is 4.11. The molecule has 3 nitrogen and oxygen atoms in total. The number of fused-ring (bicyclic) bond motifs is 1. The summed E-state index contributed by atoms with van der Waals surface area (Å²) in [5.74, 6) is 0.283. The van der Waals surface area contributed by atoms with E-state index in [1.165, 1.54) is 18.5 Å². The molecule has 0 unspecified atom stereocenters. The normalized spacial score (nSPS) is 10.6. The predicted octanol–water partition coefficient (Wildman–Crippen LogP) is 3.35. The van der Waals surface area contributed by atoms with Crippen LogP contribution in [0.1, 0.15) is 5.56 Å². The summed E-state index contributed by atoms with van der Waals surface area (Å²) >= 11 is 0. The molecule has 2 aromatic carbocycles. The van der Waals surface area contributed by atoms with Gasteiger partial charge in [-0.05, 0) is 29.8 Å². The Morgan fingerprint density at radius 3 is 2.58 bits per heavy atom. The van der Waals surface area contributed by atoms with Gasteiger partial charge < -0.3 is 4.74 Å². The van der Waals surface area contributed by atoms with Crippen molar-refractivity contribution in [1.82, 2.24) is 9.97 Å². The zero-order valence-electron chi connectivity index (χ0n) is 10.1. The van der Waals surface area contributed by atoms with Crippen molar-refractivity contribution in [2.24, 2.45) is 0 Å². The molecule has 0 amide bonds. The van der Waals surface area contributed by atoms with Gasteiger partial charge in [0.1, 0.15) is 18.8 Å². The smallest absolute Gasteiger partial charge is 0.224 e. The Morgan fingerprint density at radius 2 is 1.74 bits per heavy atom. The van der Waals surface area contributed by atoms with Gasteiger partial charge in [0.2, 0.25) is 5.88 Å². The third-order valence-corrected chi connectivity index (χ3v) is 2.80. The fourth-order valence-corrected chi connectivity index (χ4v) is 1.83. The minimum atomic E-state index is -0.253. The Balaban J connectivity index is 1.84. The van der Waals surface area contributed by atoms with Crippen molar-refractivity contribution in [3.05, 3.63) is 66.2 Å². The standard InChI is InChI=1S/C15H11FN2O/c16-12-7-5-11(6-8-12)9-19-15-13-3-1-2-4-14(13)17-10-18-15/h1-8,10H,9H2. The maximum Gasteiger partial charge on any atom is 0.224 e. The molecular formula is C15H11FN2O. The van der Waals surface area contributed by atoms with Crippen LogP contribution in [-0.2, 0) is 6.61 Å². The number of nitrogens with zero attached hydrogens (tertiary/aromatic N) is 2. The molecule has 0 aliphatic heterocycles. The summed E-state index contributed by atoms with van der Waals surface area (Å²) in [6.07, 6.45) is 1.47. The van der Waals surface area contributed by atoms with Gasteiger partial charge in [0.15, 0.2) is 0 Å². The quantitative estimate of drug-likeness (QED) is 0.719. The van der Waals surface area contributed by atoms with Crippen LogP contribution < -0.4 is 4.74 Å². The molecule has 0 bridgehead atoms. The molecule has 3 aromatic rings. The largest absolute Gasteiger partial charge is 0.472 e. The van der Waals surface area contributed by atoms with E-state index in [0.29, 0.717) is 12.5 Å². The fraction of sp³-hybridized carbons (Fsp3) is 0.0667. The van der Waals surface area contributed by atoms with E-state index in [4.69, 9.17) is 4.74 Å². The van der Waals surface area contributed by atoms with Gasteiger partial charge in [0, 0.05) is 0 Å². The first-order valence-corrected chi connectivity index (χ1v) is 5.90. The molecule has 0 aliphatic rings. The van der Waals surface area contributed by atoms with Crippen molar-refractivity contribution in [1.29, 1.82) is 0 Å². The number of rotatable bonds is 3. The number of para-hydroxylation sites is 1. The second-order valence-corrected chi connectivity index (χ2v) is 4.11. The van der Waals surface area contributed by atoms with Gasteiger partial charge in [-0.25, -0.2) is 14.4 Å². The molecule has 0 radical (unpaired) electrons. The highest BCUT2D eigenvalue weighted by atomic mass is 19.1. The number of ether oxygens (including phenoxy) is 1. The topological polar surface area (TPSA) is 35.0 Å². The van der Waals surface area contributed by atoms with Crippen LogP contribution in [0.2, 0.25) is 0 Å². The lowest BCUT2D eigenvalue weighted by Gasteiger charge is -2.07. The lowest BCUT2D eigenvalue weighted by molar-refractivity contribution is 0.297. The molecule has 19 heavy (non-hydrogen) atoms. The lowest BCUT2D eigenvalue weighted by Crippen LogP contribution is -1.98. The molecule has 4 heteroatoms. The van der Waals surface area contributed by atoms with E-state index in [0.717, 1.165) is 16.5 Å². The molecule has 0 saturated heterocycles. The first-order chi connectivity index (χ1) is 9.33. The van der Waals surface area contributed by atoms with Gasteiger partial charge in [-0.15, -0.1) is 0 Å². The molecule has 1 heterocycles. The summed E-state index contributed by atoms with van der Waals surface area (Å²) in [5, 5.41) is 0.868. The first-order valence-electron chi connectivity index (χ1n) is 5.90. The molecule has 0 N–H and O–H groups in total. The Bertz CT molecular complexity index is 693. The molecule has 3 rings (SSSR count). The van der Waals surface area contributed by atoms with E-state index in [-0.39, 0.29) is 5.82 Å². The van der Waals surface area contributed by atoms with Gasteiger partial charge >= 0.3 is 0 Å². The van der Waals surface area contributed by atoms with Crippen LogP contribution in [0.4, 0.5) is 4.39 Å². The third-order valence-electron chi connectivity index (χ3n) is 2.80. The van der Waals surface area contributed by atoms with Crippen LogP contribution >= 0.6 is 0 Å². The van der Waals surface area contributed by atoms with E-state index in [1.54, 1.807) is 12.1 Å². The molecule has 94 valence electrons. The number of hydrogen-bond acceptors (Lipinski definition) is 3. The highest BCUT2D eigenvalue weighted by Gasteiger charge is 2.04. The highest BCUT2D eigenvalue weighted by molar-refractivity contribution is 5.82. The average molecular weight is 254 g/mol. The van der Waals surface area contributed by atoms with Crippen molar-refractivity contribution >= 4 is 10.9 Å². The van der Waals surface area contributed by atoms with Gasteiger partial charge in [-0.1, -0.05) is 24.3 Å². The first kappa shape index (κ1) is 11.6. The molecule has 0 aliphatic carbocycles. The van der Waals surface area contributed by atoms with Crippen LogP contribution in [-0.4, -0.2) is 9.97 Å². The minimum Gasteiger partial charge on any atom is -0.472 e. The molecule has 0 spiro atoms. The van der Waals surface area contributed by atoms with E-state index in [9.17, 15) is 4.39 Å². The van der Waals surface area contributed by atoms with Crippen LogP contribution in [0.25, 0.3) is 10.9 Å². The summed E-state index contributed by atoms with van der Waals surface area (Å²) in [4.78, 5) is 8.30. The average Bonchev–Trinajstić information content (AvgIpc) is 2.47. The van der Waals surface area contributed by atoms with Gasteiger partial charge in [0.05, 0.1) is 10.9 Å². The minimum absolute atomic E-state index is 0.253. The van der Waals surface area contributed by atoms with Crippen LogP contribution in [0, 0.1) is 5.82 Å². The van der Waals surface area contributed by atoms with Crippen molar-refractivity contribution in [2.45, 2.75) is 6.61 Å². The summed E-state index contributed by atoms with van der Waals surface area (Å²) in [6.45, 7) is 0.348. The Kier molecular flexibility index (Phi) is 3.06. The van der Waals surface area contributed by atoms with Crippen molar-refractivity contribution in [2.75, 3.05) is 0 Å². The molecule has 0 fully saturated rings. The number of aromatic nitrogens is 2. The maximum absolute atomic E-state index is 12.8. The maximum atomic E-state index is 12.8. The number of hydrogen-bond donors (Lipinski definition) is 0. The Labute approximate surface area is 109 Å². The van der Waals surface area contributed by atoms with Gasteiger partial charge in [0.25, 0.3) is 0 Å². The molecule has 0 saturated carbocycles. The third kappa shape index (κ3) is 2.52. The predicted molar refractivity (Wildman–Crippen MR) is 70.3 cm³/mol. The Morgan fingerprint density at radius 1 is 0.947 bits per heavy atom.